The maximum absolute atomic E-state index is 10.7. The monoisotopic (exact) mass is 730 g/mol. The summed E-state index contributed by atoms with van der Waals surface area (Å²) in [6, 6.07) is 31.7. The Morgan fingerprint density at radius 3 is 0.767 bits per heavy atom. The Bertz CT molecular complexity index is 1750. The molecule has 6 nitrogen and oxygen atoms in total. The van der Waals surface area contributed by atoms with Crippen LogP contribution in [-0.4, -0.2) is 43.8 Å². The second kappa shape index (κ2) is 15.1. The number of carbonyl (C=O) groups is 3. The summed E-state index contributed by atoms with van der Waals surface area (Å²) in [6.45, 7) is 0. The summed E-state index contributed by atoms with van der Waals surface area (Å²) in [6.07, 6.45) is 0. The summed E-state index contributed by atoms with van der Waals surface area (Å²) in [5, 5.41) is 37.9. The van der Waals surface area contributed by atoms with Gasteiger partial charge in [-0.15, -0.1) is 0 Å². The Labute approximate surface area is 279 Å². The number of carboxylic acid groups (broad SMARTS) is 3. The van der Waals surface area contributed by atoms with Gasteiger partial charge in [0.15, 0.2) is 0 Å². The van der Waals surface area contributed by atoms with E-state index in [4.69, 9.17) is 34.8 Å². The van der Waals surface area contributed by atoms with Gasteiger partial charge < -0.3 is 29.7 Å². The Kier molecular flexibility index (Phi) is 11.9. The summed E-state index contributed by atoms with van der Waals surface area (Å²) < 4.78 is 0. The zero-order chi connectivity index (χ0) is 30.4. The van der Waals surface area contributed by atoms with Crippen molar-refractivity contribution in [2.75, 3.05) is 0 Å². The second-order valence-electron chi connectivity index (χ2n) is 8.90. The van der Waals surface area contributed by atoms with Gasteiger partial charge in [0.05, 0.1) is 33.0 Å². The van der Waals surface area contributed by atoms with Gasteiger partial charge in [-0.3, -0.25) is 0 Å². The van der Waals surface area contributed by atoms with Gasteiger partial charge in [0, 0.05) is 16.7 Å². The van der Waals surface area contributed by atoms with Crippen molar-refractivity contribution in [2.24, 2.45) is 0 Å². The average Bonchev–Trinajstić information content (AvgIpc) is 2.96. The van der Waals surface area contributed by atoms with Crippen LogP contribution in [0, 0.1) is 0 Å². The number of carbonyl (C=O) groups excluding carboxylic acids is 3. The van der Waals surface area contributed by atoms with Crippen LogP contribution >= 0.6 is 34.8 Å². The summed E-state index contributed by atoms with van der Waals surface area (Å²) in [5.41, 5.74) is 0.0982. The number of fused-ring (bicyclic) bond motifs is 3. The molecule has 0 aliphatic rings. The van der Waals surface area contributed by atoms with Crippen molar-refractivity contribution in [1.29, 1.82) is 0 Å². The van der Waals surface area contributed by atoms with E-state index in [0.717, 1.165) is 32.3 Å². The van der Waals surface area contributed by atoms with E-state index in [2.05, 4.69) is 0 Å². The summed E-state index contributed by atoms with van der Waals surface area (Å²) in [5.74, 6) is -3.75. The standard InChI is InChI=1S/3C11H7ClO2.In/c3*12-10-6-8-4-2-1-3-7(8)5-9(10)11(13)14;/h3*1-6H,(H,13,14);/q;;;+3/p-3. The van der Waals surface area contributed by atoms with E-state index < -0.39 is 17.9 Å². The Hall–Kier alpha value is -3.75. The van der Waals surface area contributed by atoms with Gasteiger partial charge in [0.1, 0.15) is 0 Å². The quantitative estimate of drug-likeness (QED) is 0.247. The molecule has 0 aliphatic carbocycles. The van der Waals surface area contributed by atoms with Crippen molar-refractivity contribution in [1.82, 2.24) is 0 Å². The molecule has 0 aliphatic heterocycles. The SMILES string of the molecule is O=C([O-])c1cc2ccccc2cc1Cl.O=C([O-])c1cc2ccccc2cc1Cl.O=C([O-])c1cc2ccccc2cc1Cl.[In+3]. The first-order valence-electron chi connectivity index (χ1n) is 12.2. The number of aromatic carboxylic acids is 3. The molecule has 0 heterocycles. The number of benzene rings is 6. The van der Waals surface area contributed by atoms with Gasteiger partial charge in [-0.25, -0.2) is 0 Å². The zero-order valence-electron chi connectivity index (χ0n) is 22.1. The molecule has 210 valence electrons. The maximum atomic E-state index is 10.7. The number of halogens is 3. The number of rotatable bonds is 3. The van der Waals surface area contributed by atoms with Gasteiger partial charge in [-0.05, 0) is 68.7 Å². The molecule has 0 spiro atoms. The van der Waals surface area contributed by atoms with Crippen molar-refractivity contribution in [3.63, 3.8) is 0 Å². The third-order valence-electron chi connectivity index (χ3n) is 6.17. The minimum absolute atomic E-state index is 0. The largest absolute Gasteiger partial charge is 3.00 e. The minimum Gasteiger partial charge on any atom is -0.545 e. The molecule has 6 aromatic carbocycles. The minimum atomic E-state index is -1.25. The molecule has 6 rings (SSSR count). The zero-order valence-corrected chi connectivity index (χ0v) is 27.6. The van der Waals surface area contributed by atoms with Crippen molar-refractivity contribution >= 4 is 111 Å². The molecule has 0 unspecified atom stereocenters. The third kappa shape index (κ3) is 8.42. The molecule has 0 amide bonds. The van der Waals surface area contributed by atoms with E-state index in [1.54, 1.807) is 18.2 Å². The van der Waals surface area contributed by atoms with Crippen LogP contribution in [0.25, 0.3) is 32.3 Å². The van der Waals surface area contributed by atoms with Crippen LogP contribution in [0.1, 0.15) is 31.1 Å². The van der Waals surface area contributed by atoms with Crippen LogP contribution in [0.5, 0.6) is 0 Å². The predicted octanol–water partition coefficient (Wildman–Crippen LogP) is 5.19. The van der Waals surface area contributed by atoms with Crippen LogP contribution < -0.4 is 15.3 Å². The van der Waals surface area contributed by atoms with Crippen LogP contribution in [0.2, 0.25) is 15.1 Å². The van der Waals surface area contributed by atoms with E-state index in [1.165, 1.54) is 18.2 Å². The van der Waals surface area contributed by atoms with Crippen LogP contribution in [-0.2, 0) is 0 Å². The van der Waals surface area contributed by atoms with Gasteiger partial charge >= 0.3 is 25.8 Å². The fourth-order valence-corrected chi connectivity index (χ4v) is 4.85. The molecular formula is C33H18Cl3InO6. The van der Waals surface area contributed by atoms with Crippen molar-refractivity contribution in [2.45, 2.75) is 0 Å². The van der Waals surface area contributed by atoms with Gasteiger partial charge in [-0.1, -0.05) is 108 Å². The molecule has 0 saturated carbocycles. The Balaban J connectivity index is 0.000000175. The van der Waals surface area contributed by atoms with Crippen molar-refractivity contribution in [3.05, 3.63) is 141 Å². The second-order valence-corrected chi connectivity index (χ2v) is 10.1. The first kappa shape index (κ1) is 33.7. The fourth-order valence-electron chi connectivity index (χ4n) is 4.11. The normalized spacial score (nSPS) is 10.1. The molecule has 43 heavy (non-hydrogen) atoms. The summed E-state index contributed by atoms with van der Waals surface area (Å²) in [4.78, 5) is 32.0. The smallest absolute Gasteiger partial charge is 0.545 e. The van der Waals surface area contributed by atoms with Crippen LogP contribution in [0.3, 0.4) is 0 Å². The van der Waals surface area contributed by atoms with Crippen LogP contribution in [0.15, 0.2) is 109 Å². The van der Waals surface area contributed by atoms with Gasteiger partial charge in [0.2, 0.25) is 0 Å². The topological polar surface area (TPSA) is 120 Å². The molecule has 0 saturated heterocycles. The molecule has 0 aromatic heterocycles. The van der Waals surface area contributed by atoms with Gasteiger partial charge in [0.25, 0.3) is 0 Å². The first-order valence-corrected chi connectivity index (χ1v) is 13.4. The molecule has 0 atom stereocenters. The first-order chi connectivity index (χ1) is 20.0. The molecule has 0 radical (unpaired) electrons. The number of hydrogen-bond donors (Lipinski definition) is 0. The van der Waals surface area contributed by atoms with E-state index in [-0.39, 0.29) is 57.6 Å². The molecule has 0 bridgehead atoms. The third-order valence-corrected chi connectivity index (χ3v) is 7.10. The maximum Gasteiger partial charge on any atom is 3.00 e. The van der Waals surface area contributed by atoms with E-state index in [9.17, 15) is 29.7 Å². The van der Waals surface area contributed by atoms with E-state index in [0.29, 0.717) is 0 Å². The van der Waals surface area contributed by atoms with Crippen molar-refractivity contribution in [3.8, 4) is 0 Å². The van der Waals surface area contributed by atoms with Gasteiger partial charge in [-0.2, -0.15) is 0 Å². The predicted molar refractivity (Wildman–Crippen MR) is 166 cm³/mol. The molecule has 0 N–H and O–H groups in total. The number of hydrogen-bond acceptors (Lipinski definition) is 6. The Morgan fingerprint density at radius 1 is 0.395 bits per heavy atom. The average molecular weight is 732 g/mol. The molecular weight excluding hydrogens is 714 g/mol. The van der Waals surface area contributed by atoms with Crippen LogP contribution in [0.4, 0.5) is 0 Å². The fraction of sp³-hybridized carbons (Fsp3) is 0. The Morgan fingerprint density at radius 2 is 0.581 bits per heavy atom. The number of carboxylic acids is 3. The summed E-state index contributed by atoms with van der Waals surface area (Å²) >= 11 is 17.3. The molecule has 10 heteroatoms. The summed E-state index contributed by atoms with van der Waals surface area (Å²) in [7, 11) is 0. The van der Waals surface area contributed by atoms with E-state index in [1.807, 2.05) is 72.8 Å². The van der Waals surface area contributed by atoms with E-state index >= 15 is 0 Å². The molecule has 6 aromatic rings. The van der Waals surface area contributed by atoms with Crippen molar-refractivity contribution < 1.29 is 29.7 Å². The molecule has 0 fully saturated rings.